The molecule has 0 bridgehead atoms. The van der Waals surface area contributed by atoms with E-state index in [1.54, 1.807) is 0 Å². The first-order valence-electron chi connectivity index (χ1n) is 6.21. The fourth-order valence-electron chi connectivity index (χ4n) is 1.52. The SMILES string of the molecule is CCCNCC(C)CCOc1ccccc1. The molecule has 0 saturated carbocycles. The molecular formula is C14H23NO. The van der Waals surface area contributed by atoms with Crippen LogP contribution in [0.5, 0.6) is 5.75 Å². The first kappa shape index (κ1) is 13.0. The minimum absolute atomic E-state index is 0.676. The third kappa shape index (κ3) is 5.76. The predicted molar refractivity (Wildman–Crippen MR) is 68.9 cm³/mol. The van der Waals surface area contributed by atoms with Crippen LogP contribution in [-0.2, 0) is 0 Å². The molecule has 1 rings (SSSR count). The Bertz CT molecular complexity index is 261. The summed E-state index contributed by atoms with van der Waals surface area (Å²) in [6.07, 6.45) is 2.30. The normalized spacial score (nSPS) is 12.4. The van der Waals surface area contributed by atoms with Crippen LogP contribution >= 0.6 is 0 Å². The highest BCUT2D eigenvalue weighted by Crippen LogP contribution is 2.10. The van der Waals surface area contributed by atoms with Crippen molar-refractivity contribution in [2.45, 2.75) is 26.7 Å². The fraction of sp³-hybridized carbons (Fsp3) is 0.571. The molecule has 0 aliphatic rings. The van der Waals surface area contributed by atoms with E-state index in [1.807, 2.05) is 30.3 Å². The van der Waals surface area contributed by atoms with Crippen molar-refractivity contribution in [2.75, 3.05) is 19.7 Å². The zero-order chi connectivity index (χ0) is 11.6. The van der Waals surface area contributed by atoms with Crippen molar-refractivity contribution in [1.29, 1.82) is 0 Å². The van der Waals surface area contributed by atoms with Crippen LogP contribution in [0.25, 0.3) is 0 Å². The summed E-state index contributed by atoms with van der Waals surface area (Å²) < 4.78 is 5.66. The summed E-state index contributed by atoms with van der Waals surface area (Å²) in [4.78, 5) is 0. The third-order valence-electron chi connectivity index (χ3n) is 2.54. The molecule has 0 fully saturated rings. The van der Waals surface area contributed by atoms with Crippen LogP contribution in [0.4, 0.5) is 0 Å². The van der Waals surface area contributed by atoms with Gasteiger partial charge in [-0.3, -0.25) is 0 Å². The van der Waals surface area contributed by atoms with Gasteiger partial charge in [-0.05, 0) is 44.0 Å². The summed E-state index contributed by atoms with van der Waals surface area (Å²) in [5, 5.41) is 3.43. The van der Waals surface area contributed by atoms with Gasteiger partial charge in [0.15, 0.2) is 0 Å². The predicted octanol–water partition coefficient (Wildman–Crippen LogP) is 3.09. The lowest BCUT2D eigenvalue weighted by Gasteiger charge is -2.12. The average molecular weight is 221 g/mol. The van der Waals surface area contributed by atoms with E-state index in [0.29, 0.717) is 5.92 Å². The van der Waals surface area contributed by atoms with Crippen LogP contribution in [0.3, 0.4) is 0 Å². The van der Waals surface area contributed by atoms with E-state index in [1.165, 1.54) is 6.42 Å². The van der Waals surface area contributed by atoms with Crippen LogP contribution in [0.15, 0.2) is 30.3 Å². The lowest BCUT2D eigenvalue weighted by molar-refractivity contribution is 0.281. The molecule has 1 unspecified atom stereocenters. The average Bonchev–Trinajstić information content (AvgIpc) is 2.31. The Labute approximate surface area is 99.0 Å². The highest BCUT2D eigenvalue weighted by atomic mass is 16.5. The monoisotopic (exact) mass is 221 g/mol. The van der Waals surface area contributed by atoms with Gasteiger partial charge in [0, 0.05) is 0 Å². The van der Waals surface area contributed by atoms with Gasteiger partial charge in [-0.25, -0.2) is 0 Å². The zero-order valence-electron chi connectivity index (χ0n) is 10.4. The Hall–Kier alpha value is -1.02. The van der Waals surface area contributed by atoms with Crippen molar-refractivity contribution in [3.63, 3.8) is 0 Å². The van der Waals surface area contributed by atoms with Gasteiger partial charge < -0.3 is 10.1 Å². The largest absolute Gasteiger partial charge is 0.494 e. The number of nitrogens with one attached hydrogen (secondary N) is 1. The summed E-state index contributed by atoms with van der Waals surface area (Å²) in [7, 11) is 0. The maximum Gasteiger partial charge on any atom is 0.119 e. The molecular weight excluding hydrogens is 198 g/mol. The summed E-state index contributed by atoms with van der Waals surface area (Å²) in [5.74, 6) is 1.64. The number of para-hydroxylation sites is 1. The second-order valence-corrected chi connectivity index (χ2v) is 4.26. The van der Waals surface area contributed by atoms with E-state index in [4.69, 9.17) is 4.74 Å². The first-order chi connectivity index (χ1) is 7.83. The highest BCUT2D eigenvalue weighted by molar-refractivity contribution is 5.20. The number of hydrogen-bond donors (Lipinski definition) is 1. The van der Waals surface area contributed by atoms with Crippen LogP contribution in [-0.4, -0.2) is 19.7 Å². The Balaban J connectivity index is 2.06. The molecule has 1 atom stereocenters. The van der Waals surface area contributed by atoms with Crippen LogP contribution in [0.1, 0.15) is 26.7 Å². The molecule has 1 aromatic carbocycles. The number of benzene rings is 1. The summed E-state index contributed by atoms with van der Waals surface area (Å²) >= 11 is 0. The van der Waals surface area contributed by atoms with E-state index in [2.05, 4.69) is 19.2 Å². The Morgan fingerprint density at radius 2 is 2.00 bits per heavy atom. The van der Waals surface area contributed by atoms with E-state index in [9.17, 15) is 0 Å². The standard InChI is InChI=1S/C14H23NO/c1-3-10-15-12-13(2)9-11-16-14-7-5-4-6-8-14/h4-8,13,15H,3,9-12H2,1-2H3. The molecule has 0 amide bonds. The lowest BCUT2D eigenvalue weighted by Crippen LogP contribution is -2.23. The number of rotatable bonds is 8. The second-order valence-electron chi connectivity index (χ2n) is 4.26. The fourth-order valence-corrected chi connectivity index (χ4v) is 1.52. The Kier molecular flexibility index (Phi) is 6.66. The molecule has 0 aliphatic carbocycles. The van der Waals surface area contributed by atoms with Gasteiger partial charge in [-0.2, -0.15) is 0 Å². The zero-order valence-corrected chi connectivity index (χ0v) is 10.4. The molecule has 0 aromatic heterocycles. The first-order valence-corrected chi connectivity index (χ1v) is 6.21. The van der Waals surface area contributed by atoms with E-state index < -0.39 is 0 Å². The van der Waals surface area contributed by atoms with Gasteiger partial charge >= 0.3 is 0 Å². The highest BCUT2D eigenvalue weighted by Gasteiger charge is 2.01. The lowest BCUT2D eigenvalue weighted by atomic mass is 10.1. The maximum absolute atomic E-state index is 5.66. The summed E-state index contributed by atoms with van der Waals surface area (Å²) in [6.45, 7) is 7.46. The van der Waals surface area contributed by atoms with Gasteiger partial charge in [-0.15, -0.1) is 0 Å². The maximum atomic E-state index is 5.66. The molecule has 16 heavy (non-hydrogen) atoms. The van der Waals surface area contributed by atoms with Crippen LogP contribution < -0.4 is 10.1 Å². The van der Waals surface area contributed by atoms with Crippen molar-refractivity contribution in [3.8, 4) is 5.75 Å². The third-order valence-corrected chi connectivity index (χ3v) is 2.54. The quantitative estimate of drug-likeness (QED) is 0.681. The minimum atomic E-state index is 0.676. The molecule has 0 spiro atoms. The van der Waals surface area contributed by atoms with Crippen molar-refractivity contribution in [2.24, 2.45) is 5.92 Å². The number of ether oxygens (including phenoxy) is 1. The molecule has 1 N–H and O–H groups in total. The summed E-state index contributed by atoms with van der Waals surface area (Å²) in [6, 6.07) is 10.0. The smallest absolute Gasteiger partial charge is 0.119 e. The van der Waals surface area contributed by atoms with Gasteiger partial charge in [0.25, 0.3) is 0 Å². The molecule has 0 aliphatic heterocycles. The van der Waals surface area contributed by atoms with Crippen LogP contribution in [0.2, 0.25) is 0 Å². The van der Waals surface area contributed by atoms with E-state index in [0.717, 1.165) is 31.9 Å². The molecule has 2 heteroatoms. The molecule has 2 nitrogen and oxygen atoms in total. The van der Waals surface area contributed by atoms with Crippen molar-refractivity contribution in [3.05, 3.63) is 30.3 Å². The molecule has 1 aromatic rings. The molecule has 0 heterocycles. The van der Waals surface area contributed by atoms with Gasteiger partial charge in [0.1, 0.15) is 5.75 Å². The van der Waals surface area contributed by atoms with E-state index >= 15 is 0 Å². The molecule has 0 radical (unpaired) electrons. The Morgan fingerprint density at radius 3 is 2.69 bits per heavy atom. The van der Waals surface area contributed by atoms with Gasteiger partial charge in [-0.1, -0.05) is 32.0 Å². The van der Waals surface area contributed by atoms with Crippen molar-refractivity contribution in [1.82, 2.24) is 5.32 Å². The summed E-state index contributed by atoms with van der Waals surface area (Å²) in [5.41, 5.74) is 0. The van der Waals surface area contributed by atoms with Gasteiger partial charge in [0.2, 0.25) is 0 Å². The van der Waals surface area contributed by atoms with Crippen molar-refractivity contribution < 1.29 is 4.74 Å². The van der Waals surface area contributed by atoms with E-state index in [-0.39, 0.29) is 0 Å². The van der Waals surface area contributed by atoms with Crippen LogP contribution in [0, 0.1) is 5.92 Å². The molecule has 0 saturated heterocycles. The van der Waals surface area contributed by atoms with Crippen molar-refractivity contribution >= 4 is 0 Å². The van der Waals surface area contributed by atoms with Gasteiger partial charge in [0.05, 0.1) is 6.61 Å². The Morgan fingerprint density at radius 1 is 1.25 bits per heavy atom. The topological polar surface area (TPSA) is 21.3 Å². The number of hydrogen-bond acceptors (Lipinski definition) is 2. The second kappa shape index (κ2) is 8.17. The molecule has 90 valence electrons. The minimum Gasteiger partial charge on any atom is -0.494 e.